The summed E-state index contributed by atoms with van der Waals surface area (Å²) < 4.78 is 0. The zero-order valence-corrected chi connectivity index (χ0v) is 10.00. The maximum Gasteiger partial charge on any atom is 0.0638 e. The highest BCUT2D eigenvalue weighted by molar-refractivity contribution is 7.10. The summed E-state index contributed by atoms with van der Waals surface area (Å²) in [6.07, 6.45) is 0.540. The van der Waals surface area contributed by atoms with Crippen molar-refractivity contribution in [2.24, 2.45) is 5.73 Å². The van der Waals surface area contributed by atoms with E-state index in [0.29, 0.717) is 13.0 Å². The molecule has 0 aliphatic carbocycles. The minimum atomic E-state index is 0.230. The Hall–Kier alpha value is -0.890. The number of hydrogen-bond acceptors (Lipinski definition) is 4. The molecule has 15 heavy (non-hydrogen) atoms. The van der Waals surface area contributed by atoms with E-state index in [1.165, 1.54) is 4.88 Å². The van der Waals surface area contributed by atoms with Gasteiger partial charge in [0, 0.05) is 17.5 Å². The summed E-state index contributed by atoms with van der Waals surface area (Å²) >= 11 is 1.71. The maximum atomic E-state index is 8.67. The molecule has 0 fully saturated rings. The van der Waals surface area contributed by atoms with Crippen molar-refractivity contribution in [3.63, 3.8) is 0 Å². The van der Waals surface area contributed by atoms with Crippen LogP contribution in [0, 0.1) is 11.3 Å². The number of hydrogen-bond donors (Lipinski definition) is 1. The molecule has 0 bridgehead atoms. The van der Waals surface area contributed by atoms with Gasteiger partial charge in [-0.05, 0) is 25.4 Å². The summed E-state index contributed by atoms with van der Waals surface area (Å²) in [6.45, 7) is 2.65. The molecule has 1 heterocycles. The van der Waals surface area contributed by atoms with E-state index in [2.05, 4.69) is 29.3 Å². The molecule has 2 atom stereocenters. The second-order valence-electron chi connectivity index (χ2n) is 3.64. The van der Waals surface area contributed by atoms with Gasteiger partial charge in [0.05, 0.1) is 18.5 Å². The van der Waals surface area contributed by atoms with Crippen molar-refractivity contribution in [3.05, 3.63) is 22.4 Å². The zero-order chi connectivity index (χ0) is 11.3. The van der Waals surface area contributed by atoms with Crippen molar-refractivity contribution in [3.8, 4) is 6.07 Å². The molecule has 3 nitrogen and oxygen atoms in total. The van der Waals surface area contributed by atoms with Gasteiger partial charge in [-0.1, -0.05) is 6.07 Å². The molecule has 0 spiro atoms. The fourth-order valence-electron chi connectivity index (χ4n) is 1.55. The van der Waals surface area contributed by atoms with Crippen molar-refractivity contribution in [1.29, 1.82) is 5.26 Å². The second kappa shape index (κ2) is 5.86. The molecule has 82 valence electrons. The van der Waals surface area contributed by atoms with E-state index in [0.717, 1.165) is 0 Å². The quantitative estimate of drug-likeness (QED) is 0.830. The molecule has 1 aromatic rings. The summed E-state index contributed by atoms with van der Waals surface area (Å²) in [5, 5.41) is 10.7. The zero-order valence-electron chi connectivity index (χ0n) is 9.18. The number of thiophene rings is 1. The van der Waals surface area contributed by atoms with Crippen LogP contribution in [0.3, 0.4) is 0 Å². The summed E-state index contributed by atoms with van der Waals surface area (Å²) in [5.74, 6) is 0. The van der Waals surface area contributed by atoms with E-state index in [4.69, 9.17) is 11.0 Å². The van der Waals surface area contributed by atoms with Crippen molar-refractivity contribution in [2.45, 2.75) is 25.4 Å². The number of nitrogens with two attached hydrogens (primary N) is 1. The predicted octanol–water partition coefficient (Wildman–Crippen LogP) is 1.98. The van der Waals surface area contributed by atoms with Gasteiger partial charge in [0.1, 0.15) is 0 Å². The molecular formula is C11H17N3S. The Bertz CT molecular complexity index is 315. The van der Waals surface area contributed by atoms with Gasteiger partial charge >= 0.3 is 0 Å². The van der Waals surface area contributed by atoms with Gasteiger partial charge in [-0.2, -0.15) is 5.26 Å². The summed E-state index contributed by atoms with van der Waals surface area (Å²) in [4.78, 5) is 3.44. The molecule has 0 saturated carbocycles. The molecule has 1 aromatic heterocycles. The van der Waals surface area contributed by atoms with Crippen LogP contribution in [0.25, 0.3) is 0 Å². The lowest BCUT2D eigenvalue weighted by atomic mass is 10.1. The van der Waals surface area contributed by atoms with Crippen molar-refractivity contribution >= 4 is 11.3 Å². The van der Waals surface area contributed by atoms with E-state index in [9.17, 15) is 0 Å². The van der Waals surface area contributed by atoms with E-state index < -0.39 is 0 Å². The molecule has 0 aliphatic rings. The van der Waals surface area contributed by atoms with E-state index in [1.807, 2.05) is 13.1 Å². The highest BCUT2D eigenvalue weighted by Crippen LogP contribution is 2.25. The summed E-state index contributed by atoms with van der Waals surface area (Å²) in [5.41, 5.74) is 5.78. The monoisotopic (exact) mass is 223 g/mol. The number of nitriles is 1. The Morgan fingerprint density at radius 2 is 2.40 bits per heavy atom. The van der Waals surface area contributed by atoms with Crippen LogP contribution >= 0.6 is 11.3 Å². The molecule has 2 N–H and O–H groups in total. The fourth-order valence-corrected chi connectivity index (χ4v) is 2.44. The normalized spacial score (nSPS) is 14.9. The maximum absolute atomic E-state index is 8.67. The van der Waals surface area contributed by atoms with Crippen LogP contribution in [-0.2, 0) is 0 Å². The lowest BCUT2D eigenvalue weighted by Gasteiger charge is -2.30. The highest BCUT2D eigenvalue weighted by atomic mass is 32.1. The SMILES string of the molecule is CC(CC#N)N(C)C(CN)c1cccs1. The van der Waals surface area contributed by atoms with E-state index >= 15 is 0 Å². The minimum absolute atomic E-state index is 0.230. The van der Waals surface area contributed by atoms with Crippen LogP contribution < -0.4 is 5.73 Å². The molecule has 0 amide bonds. The standard InChI is InChI=1S/C11H17N3S/c1-9(5-6-12)14(2)10(8-13)11-4-3-7-15-11/h3-4,7,9-10H,5,8,13H2,1-2H3. The lowest BCUT2D eigenvalue weighted by Crippen LogP contribution is -2.36. The molecule has 0 aromatic carbocycles. The van der Waals surface area contributed by atoms with Crippen molar-refractivity contribution in [2.75, 3.05) is 13.6 Å². The van der Waals surface area contributed by atoms with Gasteiger partial charge < -0.3 is 5.73 Å². The molecular weight excluding hydrogens is 206 g/mol. The minimum Gasteiger partial charge on any atom is -0.329 e. The molecule has 4 heteroatoms. The Morgan fingerprint density at radius 1 is 1.67 bits per heavy atom. The second-order valence-corrected chi connectivity index (χ2v) is 4.62. The highest BCUT2D eigenvalue weighted by Gasteiger charge is 2.20. The number of likely N-dealkylation sites (N-methyl/N-ethyl adjacent to an activating group) is 1. The fraction of sp³-hybridized carbons (Fsp3) is 0.545. The van der Waals surface area contributed by atoms with Crippen LogP contribution in [0.1, 0.15) is 24.3 Å². The third kappa shape index (κ3) is 3.03. The number of nitrogens with zero attached hydrogens (tertiary/aromatic N) is 2. The van der Waals surface area contributed by atoms with Crippen LogP contribution in [0.5, 0.6) is 0 Å². The topological polar surface area (TPSA) is 53.0 Å². The van der Waals surface area contributed by atoms with Crippen LogP contribution in [0.15, 0.2) is 17.5 Å². The third-order valence-corrected chi connectivity index (χ3v) is 3.64. The Morgan fingerprint density at radius 3 is 2.87 bits per heavy atom. The largest absolute Gasteiger partial charge is 0.329 e. The average molecular weight is 223 g/mol. The Kier molecular flexibility index (Phi) is 4.76. The molecule has 2 unspecified atom stereocenters. The first-order chi connectivity index (χ1) is 7.20. The van der Waals surface area contributed by atoms with Gasteiger partial charge in [0.25, 0.3) is 0 Å². The molecule has 0 radical (unpaired) electrons. The third-order valence-electron chi connectivity index (χ3n) is 2.67. The van der Waals surface area contributed by atoms with Crippen molar-refractivity contribution in [1.82, 2.24) is 4.90 Å². The van der Waals surface area contributed by atoms with Crippen LogP contribution in [0.2, 0.25) is 0 Å². The summed E-state index contributed by atoms with van der Waals surface area (Å²) in [6, 6.07) is 6.79. The van der Waals surface area contributed by atoms with Gasteiger partial charge in [-0.3, -0.25) is 4.90 Å². The summed E-state index contributed by atoms with van der Waals surface area (Å²) in [7, 11) is 2.03. The predicted molar refractivity (Wildman–Crippen MR) is 63.6 cm³/mol. The molecule has 0 aliphatic heterocycles. The smallest absolute Gasteiger partial charge is 0.0638 e. The van der Waals surface area contributed by atoms with Gasteiger partial charge in [0.15, 0.2) is 0 Å². The first-order valence-electron chi connectivity index (χ1n) is 5.03. The van der Waals surface area contributed by atoms with Gasteiger partial charge in [-0.15, -0.1) is 11.3 Å². The average Bonchev–Trinajstić information content (AvgIpc) is 2.72. The van der Waals surface area contributed by atoms with E-state index in [-0.39, 0.29) is 12.1 Å². The van der Waals surface area contributed by atoms with Gasteiger partial charge in [-0.25, -0.2) is 0 Å². The number of rotatable bonds is 5. The van der Waals surface area contributed by atoms with Crippen LogP contribution in [-0.4, -0.2) is 24.5 Å². The molecule has 1 rings (SSSR count). The van der Waals surface area contributed by atoms with Crippen molar-refractivity contribution < 1.29 is 0 Å². The Balaban J connectivity index is 2.71. The van der Waals surface area contributed by atoms with Crippen LogP contribution in [0.4, 0.5) is 0 Å². The van der Waals surface area contributed by atoms with Gasteiger partial charge in [0.2, 0.25) is 0 Å². The lowest BCUT2D eigenvalue weighted by molar-refractivity contribution is 0.194. The van der Waals surface area contributed by atoms with E-state index in [1.54, 1.807) is 11.3 Å². The first-order valence-corrected chi connectivity index (χ1v) is 5.91. The first kappa shape index (κ1) is 12.2. The Labute approximate surface area is 95.1 Å². The molecule has 0 saturated heterocycles.